The average molecular weight is 430 g/mol. The quantitative estimate of drug-likeness (QED) is 0.591. The van der Waals surface area contributed by atoms with Crippen LogP contribution in [0.4, 0.5) is 5.69 Å². The van der Waals surface area contributed by atoms with E-state index in [4.69, 9.17) is 16.3 Å². The predicted octanol–water partition coefficient (Wildman–Crippen LogP) is 3.36. The van der Waals surface area contributed by atoms with Gasteiger partial charge in [-0.15, -0.1) is 0 Å². The molecule has 5 atom stereocenters. The minimum absolute atomic E-state index is 0.0606. The molecule has 0 bridgehead atoms. The Labute approximate surface area is 185 Å². The predicted molar refractivity (Wildman–Crippen MR) is 120 cm³/mol. The van der Waals surface area contributed by atoms with Gasteiger partial charge in [-0.05, 0) is 67.7 Å². The minimum atomic E-state index is 0.0606. The van der Waals surface area contributed by atoms with Crippen LogP contribution in [-0.4, -0.2) is 44.8 Å². The number of esters is 1. The Morgan fingerprint density at radius 2 is 2.00 bits per heavy atom. The SMILES string of the molecule is C=C1CCC[C@]2(C)C[C@H]3OC(=O)[C@@H](C[NH+]4CCN(c5ccc(Cl)cc5)CC4)[C@H]3C[C@H]12. The zero-order valence-electron chi connectivity index (χ0n) is 18.0. The molecule has 4 nitrogen and oxygen atoms in total. The third-order valence-electron chi connectivity index (χ3n) is 8.49. The molecule has 2 heterocycles. The van der Waals surface area contributed by atoms with Crippen molar-refractivity contribution in [1.82, 2.24) is 0 Å². The van der Waals surface area contributed by atoms with Crippen molar-refractivity contribution in [2.24, 2.45) is 23.2 Å². The number of nitrogens with one attached hydrogen (secondary N) is 1. The van der Waals surface area contributed by atoms with E-state index in [2.05, 4.69) is 30.5 Å². The number of quaternary nitrogens is 1. The number of nitrogens with zero attached hydrogens (tertiary/aromatic N) is 1. The maximum Gasteiger partial charge on any atom is 0.315 e. The fourth-order valence-electron chi connectivity index (χ4n) is 6.74. The van der Waals surface area contributed by atoms with Crippen molar-refractivity contribution in [3.63, 3.8) is 0 Å². The molecule has 2 saturated heterocycles. The van der Waals surface area contributed by atoms with Crippen molar-refractivity contribution in [2.75, 3.05) is 37.6 Å². The molecule has 0 unspecified atom stereocenters. The van der Waals surface area contributed by atoms with Gasteiger partial charge in [-0.1, -0.05) is 30.7 Å². The van der Waals surface area contributed by atoms with E-state index in [9.17, 15) is 4.79 Å². The van der Waals surface area contributed by atoms with Gasteiger partial charge in [0, 0.05) is 16.6 Å². The molecule has 1 aromatic rings. The number of ether oxygens (including phenoxy) is 1. The number of rotatable bonds is 3. The maximum absolute atomic E-state index is 12.8. The van der Waals surface area contributed by atoms with Gasteiger partial charge in [-0.25, -0.2) is 0 Å². The van der Waals surface area contributed by atoms with Crippen molar-refractivity contribution in [1.29, 1.82) is 0 Å². The molecule has 5 heteroatoms. The lowest BCUT2D eigenvalue weighted by atomic mass is 9.55. The van der Waals surface area contributed by atoms with Crippen molar-refractivity contribution in [3.8, 4) is 0 Å². The Morgan fingerprint density at radius 3 is 2.73 bits per heavy atom. The van der Waals surface area contributed by atoms with E-state index in [1.165, 1.54) is 24.1 Å². The van der Waals surface area contributed by atoms with Crippen molar-refractivity contribution >= 4 is 23.3 Å². The van der Waals surface area contributed by atoms with Crippen LogP contribution in [0.3, 0.4) is 0 Å². The molecule has 30 heavy (non-hydrogen) atoms. The Morgan fingerprint density at radius 1 is 1.27 bits per heavy atom. The molecular weight excluding hydrogens is 396 g/mol. The zero-order valence-corrected chi connectivity index (χ0v) is 18.8. The molecule has 0 amide bonds. The number of allylic oxidation sites excluding steroid dienone is 1. The molecule has 1 aromatic carbocycles. The van der Waals surface area contributed by atoms with Crippen LogP contribution in [0.1, 0.15) is 39.0 Å². The fourth-order valence-corrected chi connectivity index (χ4v) is 6.86. The van der Waals surface area contributed by atoms with Crippen LogP contribution in [-0.2, 0) is 9.53 Å². The van der Waals surface area contributed by atoms with E-state index >= 15 is 0 Å². The first-order valence-corrected chi connectivity index (χ1v) is 12.0. The van der Waals surface area contributed by atoms with Crippen LogP contribution in [0.5, 0.6) is 0 Å². The Kier molecular flexibility index (Phi) is 5.35. The van der Waals surface area contributed by atoms with Crippen LogP contribution in [0.2, 0.25) is 5.02 Å². The molecular formula is C25H34ClN2O2+. The lowest BCUT2D eigenvalue weighted by molar-refractivity contribution is -0.903. The van der Waals surface area contributed by atoms with Gasteiger partial charge >= 0.3 is 5.97 Å². The van der Waals surface area contributed by atoms with Gasteiger partial charge < -0.3 is 14.5 Å². The number of piperazine rings is 1. The van der Waals surface area contributed by atoms with E-state index in [1.54, 1.807) is 4.90 Å². The van der Waals surface area contributed by atoms with Crippen LogP contribution in [0.15, 0.2) is 36.4 Å². The lowest BCUT2D eigenvalue weighted by Crippen LogP contribution is -3.15. The first-order valence-electron chi connectivity index (χ1n) is 11.7. The van der Waals surface area contributed by atoms with Crippen molar-refractivity contribution in [3.05, 3.63) is 41.4 Å². The molecule has 2 aliphatic carbocycles. The van der Waals surface area contributed by atoms with Gasteiger partial charge in [0.05, 0.1) is 32.7 Å². The Balaban J connectivity index is 1.22. The van der Waals surface area contributed by atoms with Gasteiger partial charge in [0.2, 0.25) is 0 Å². The van der Waals surface area contributed by atoms with E-state index in [0.29, 0.717) is 11.8 Å². The smallest absolute Gasteiger partial charge is 0.315 e. The number of carbonyl (C=O) groups is 1. The topological polar surface area (TPSA) is 34.0 Å². The summed E-state index contributed by atoms with van der Waals surface area (Å²) in [5.41, 5.74) is 2.94. The number of anilines is 1. The molecule has 4 aliphatic rings. The van der Waals surface area contributed by atoms with Gasteiger partial charge in [0.15, 0.2) is 0 Å². The van der Waals surface area contributed by atoms with Gasteiger partial charge in [-0.3, -0.25) is 4.79 Å². The van der Waals surface area contributed by atoms with Crippen molar-refractivity contribution < 1.29 is 14.4 Å². The number of hydrogen-bond acceptors (Lipinski definition) is 3. The van der Waals surface area contributed by atoms with Crippen LogP contribution < -0.4 is 9.80 Å². The standard InChI is InChI=1S/C25H33ClN2O2/c1-17-4-3-9-25(2)15-23-20(14-22(17)25)21(24(29)30-23)16-27-10-12-28(13-11-27)19-7-5-18(26)6-8-19/h5-8,20-23H,1,3-4,9-16H2,2H3/p+1/t20-,21+,22-,23-,25-/m1/s1. The number of halogens is 1. The van der Waals surface area contributed by atoms with Gasteiger partial charge in [0.25, 0.3) is 0 Å². The second-order valence-electron chi connectivity index (χ2n) is 10.3. The molecule has 1 N–H and O–H groups in total. The highest BCUT2D eigenvalue weighted by Crippen LogP contribution is 2.56. The lowest BCUT2D eigenvalue weighted by Gasteiger charge is -2.50. The molecule has 0 aromatic heterocycles. The molecule has 0 radical (unpaired) electrons. The largest absolute Gasteiger partial charge is 0.462 e. The monoisotopic (exact) mass is 429 g/mol. The molecule has 2 saturated carbocycles. The van der Waals surface area contributed by atoms with Gasteiger partial charge in [-0.2, -0.15) is 0 Å². The highest BCUT2D eigenvalue weighted by molar-refractivity contribution is 6.30. The second-order valence-corrected chi connectivity index (χ2v) is 10.8. The zero-order chi connectivity index (χ0) is 20.9. The Bertz CT molecular complexity index is 817. The van der Waals surface area contributed by atoms with E-state index in [0.717, 1.165) is 57.0 Å². The average Bonchev–Trinajstić information content (AvgIpc) is 3.01. The van der Waals surface area contributed by atoms with Crippen molar-refractivity contribution in [2.45, 2.75) is 45.1 Å². The number of fused-ring (bicyclic) bond motifs is 2. The summed E-state index contributed by atoms with van der Waals surface area (Å²) in [6, 6.07) is 8.12. The second kappa shape index (κ2) is 7.87. The summed E-state index contributed by atoms with van der Waals surface area (Å²) in [5, 5.41) is 0.779. The number of hydrogen-bond donors (Lipinski definition) is 1. The summed E-state index contributed by atoms with van der Waals surface area (Å²) in [7, 11) is 0. The number of benzene rings is 1. The normalized spacial score (nSPS) is 36.9. The third-order valence-corrected chi connectivity index (χ3v) is 8.74. The summed E-state index contributed by atoms with van der Waals surface area (Å²) in [6.07, 6.45) is 5.91. The molecule has 2 aliphatic heterocycles. The summed E-state index contributed by atoms with van der Waals surface area (Å²) in [6.45, 7) is 11.9. The third kappa shape index (κ3) is 3.67. The van der Waals surface area contributed by atoms with E-state index in [1.807, 2.05) is 12.1 Å². The first kappa shape index (κ1) is 20.4. The minimum Gasteiger partial charge on any atom is -0.462 e. The van der Waals surface area contributed by atoms with Crippen LogP contribution in [0.25, 0.3) is 0 Å². The van der Waals surface area contributed by atoms with Gasteiger partial charge in [0.1, 0.15) is 12.0 Å². The summed E-state index contributed by atoms with van der Waals surface area (Å²) < 4.78 is 5.97. The van der Waals surface area contributed by atoms with Crippen LogP contribution >= 0.6 is 11.6 Å². The molecule has 4 fully saturated rings. The van der Waals surface area contributed by atoms with E-state index in [-0.39, 0.29) is 23.4 Å². The Hall–Kier alpha value is -1.52. The fraction of sp³-hybridized carbons (Fsp3) is 0.640. The first-order chi connectivity index (χ1) is 14.4. The summed E-state index contributed by atoms with van der Waals surface area (Å²) in [5.74, 6) is 1.07. The van der Waals surface area contributed by atoms with Crippen LogP contribution in [0, 0.1) is 23.2 Å². The summed E-state index contributed by atoms with van der Waals surface area (Å²) in [4.78, 5) is 16.8. The molecule has 5 rings (SSSR count). The highest BCUT2D eigenvalue weighted by Gasteiger charge is 2.56. The number of carbonyl (C=O) groups excluding carboxylic acids is 1. The maximum atomic E-state index is 12.8. The molecule has 162 valence electrons. The molecule has 0 spiro atoms. The highest BCUT2D eigenvalue weighted by atomic mass is 35.5. The van der Waals surface area contributed by atoms with E-state index < -0.39 is 0 Å². The summed E-state index contributed by atoms with van der Waals surface area (Å²) >= 11 is 6.03.